The van der Waals surface area contributed by atoms with Gasteiger partial charge < -0.3 is 9.64 Å². The molecule has 1 fully saturated rings. The summed E-state index contributed by atoms with van der Waals surface area (Å²) in [6, 6.07) is 7.10. The lowest BCUT2D eigenvalue weighted by molar-refractivity contribution is 0.253. The standard InChI is InChI=1S/C21H20ClN7O2/c1-31-19-9-18(24-12-25-19)27-21(30)29-15-4-6-28(7-5-15)17-3-2-16(26-20(17)29)13-8-14(22)11-23-10-13/h2-3,8-12,15H,4-7H2,1H3,(H,24,25,27,30). The summed E-state index contributed by atoms with van der Waals surface area (Å²) in [7, 11) is 1.52. The first kappa shape index (κ1) is 19.5. The number of methoxy groups -OCH3 is 1. The SMILES string of the molecule is COc1cc(NC(=O)N2c3nc(-c4cncc(Cl)c4)ccc3N3CCC2CC3)ncn1. The number of amides is 2. The molecule has 0 unspecified atom stereocenters. The van der Waals surface area contributed by atoms with E-state index in [-0.39, 0.29) is 12.1 Å². The van der Waals surface area contributed by atoms with Crippen LogP contribution in [0, 0.1) is 0 Å². The predicted molar refractivity (Wildman–Crippen MR) is 118 cm³/mol. The molecular weight excluding hydrogens is 418 g/mol. The molecule has 3 aliphatic rings. The zero-order valence-corrected chi connectivity index (χ0v) is 17.6. The van der Waals surface area contributed by atoms with E-state index >= 15 is 0 Å². The average Bonchev–Trinajstić information content (AvgIpc) is 3.04. The Morgan fingerprint density at radius 3 is 2.81 bits per heavy atom. The lowest BCUT2D eigenvalue weighted by Gasteiger charge is -2.31. The summed E-state index contributed by atoms with van der Waals surface area (Å²) in [5, 5.41) is 3.40. The van der Waals surface area contributed by atoms with E-state index in [1.54, 1.807) is 23.4 Å². The van der Waals surface area contributed by atoms with Crippen LogP contribution in [0.4, 0.5) is 22.1 Å². The number of anilines is 3. The first-order valence-electron chi connectivity index (χ1n) is 9.95. The monoisotopic (exact) mass is 437 g/mol. The van der Waals surface area contributed by atoms with Gasteiger partial charge in [-0.25, -0.2) is 19.7 Å². The lowest BCUT2D eigenvalue weighted by Crippen LogP contribution is -2.46. The van der Waals surface area contributed by atoms with Gasteiger partial charge in [0.25, 0.3) is 0 Å². The number of rotatable bonds is 3. The quantitative estimate of drug-likeness (QED) is 0.668. The Hall–Kier alpha value is -3.46. The van der Waals surface area contributed by atoms with Crippen molar-refractivity contribution in [3.63, 3.8) is 0 Å². The van der Waals surface area contributed by atoms with Crippen LogP contribution in [-0.4, -0.2) is 52.2 Å². The van der Waals surface area contributed by atoms with Crippen molar-refractivity contribution >= 4 is 35.0 Å². The number of hydrogen-bond acceptors (Lipinski definition) is 7. The zero-order chi connectivity index (χ0) is 21.4. The van der Waals surface area contributed by atoms with Crippen molar-refractivity contribution in [3.05, 3.63) is 48.0 Å². The minimum Gasteiger partial charge on any atom is -0.481 e. The molecule has 1 N–H and O–H groups in total. The molecule has 0 radical (unpaired) electrons. The van der Waals surface area contributed by atoms with Gasteiger partial charge in [0.05, 0.1) is 23.5 Å². The van der Waals surface area contributed by atoms with Gasteiger partial charge in [-0.05, 0) is 31.0 Å². The molecule has 3 aliphatic heterocycles. The number of piperidine rings is 1. The Kier molecular flexibility index (Phi) is 5.03. The fourth-order valence-electron chi connectivity index (χ4n) is 4.07. The summed E-state index contributed by atoms with van der Waals surface area (Å²) in [4.78, 5) is 34.6. The first-order chi connectivity index (χ1) is 15.1. The molecule has 3 aromatic rings. The Labute approximate surface area is 184 Å². The van der Waals surface area contributed by atoms with E-state index in [1.807, 2.05) is 18.2 Å². The second-order valence-corrected chi connectivity index (χ2v) is 7.83. The van der Waals surface area contributed by atoms with Crippen molar-refractivity contribution in [2.75, 3.05) is 35.3 Å². The number of carbonyl (C=O) groups excluding carboxylic acids is 1. The van der Waals surface area contributed by atoms with Gasteiger partial charge in [0.2, 0.25) is 5.88 Å². The smallest absolute Gasteiger partial charge is 0.328 e. The van der Waals surface area contributed by atoms with Crippen molar-refractivity contribution < 1.29 is 9.53 Å². The summed E-state index contributed by atoms with van der Waals surface area (Å²) < 4.78 is 5.13. The van der Waals surface area contributed by atoms with Crippen LogP contribution in [0.15, 0.2) is 43.0 Å². The molecule has 10 heteroatoms. The molecule has 0 aliphatic carbocycles. The molecule has 6 rings (SSSR count). The van der Waals surface area contributed by atoms with Crippen LogP contribution in [0.3, 0.4) is 0 Å². The number of halogens is 1. The van der Waals surface area contributed by atoms with E-state index in [2.05, 4.69) is 25.2 Å². The number of ether oxygens (including phenoxy) is 1. The number of hydrogen-bond donors (Lipinski definition) is 1. The fraction of sp³-hybridized carbons (Fsp3) is 0.286. The summed E-state index contributed by atoms with van der Waals surface area (Å²) in [5.74, 6) is 1.37. The number of pyridine rings is 2. The van der Waals surface area contributed by atoms with E-state index in [0.29, 0.717) is 28.2 Å². The van der Waals surface area contributed by atoms with Crippen molar-refractivity contribution in [1.82, 2.24) is 19.9 Å². The molecule has 158 valence electrons. The fourth-order valence-corrected chi connectivity index (χ4v) is 4.24. The lowest BCUT2D eigenvalue weighted by atomic mass is 10.1. The van der Waals surface area contributed by atoms with Gasteiger partial charge in [-0.2, -0.15) is 0 Å². The van der Waals surface area contributed by atoms with Crippen molar-refractivity contribution in [3.8, 4) is 17.1 Å². The summed E-state index contributed by atoms with van der Waals surface area (Å²) >= 11 is 6.12. The number of fused-ring (bicyclic) bond motifs is 2. The second kappa shape index (κ2) is 7.99. The summed E-state index contributed by atoms with van der Waals surface area (Å²) in [6.45, 7) is 1.76. The van der Waals surface area contributed by atoms with Gasteiger partial charge in [-0.3, -0.25) is 15.2 Å². The number of urea groups is 1. The molecule has 0 atom stereocenters. The molecule has 0 spiro atoms. The molecular formula is C21H20ClN7O2. The third-order valence-electron chi connectivity index (χ3n) is 5.56. The van der Waals surface area contributed by atoms with Gasteiger partial charge in [0.15, 0.2) is 5.82 Å². The van der Waals surface area contributed by atoms with Crippen LogP contribution >= 0.6 is 11.6 Å². The maximum atomic E-state index is 13.4. The van der Waals surface area contributed by atoms with Gasteiger partial charge in [0, 0.05) is 43.2 Å². The highest BCUT2D eigenvalue weighted by molar-refractivity contribution is 6.30. The second-order valence-electron chi connectivity index (χ2n) is 7.40. The molecule has 0 saturated carbocycles. The van der Waals surface area contributed by atoms with Crippen LogP contribution in [0.1, 0.15) is 12.8 Å². The highest BCUT2D eigenvalue weighted by atomic mass is 35.5. The van der Waals surface area contributed by atoms with E-state index < -0.39 is 0 Å². The molecule has 1 saturated heterocycles. The number of nitrogens with one attached hydrogen (secondary N) is 1. The maximum Gasteiger partial charge on any atom is 0.328 e. The zero-order valence-electron chi connectivity index (χ0n) is 16.8. The molecule has 2 amide bonds. The minimum absolute atomic E-state index is 0.0430. The molecule has 3 aromatic heterocycles. The number of aromatic nitrogens is 4. The van der Waals surface area contributed by atoms with Crippen LogP contribution in [0.5, 0.6) is 5.88 Å². The highest BCUT2D eigenvalue weighted by Crippen LogP contribution is 2.39. The van der Waals surface area contributed by atoms with Gasteiger partial charge >= 0.3 is 6.03 Å². The van der Waals surface area contributed by atoms with Gasteiger partial charge in [-0.15, -0.1) is 0 Å². The Bertz CT molecular complexity index is 1130. The first-order valence-corrected chi connectivity index (χ1v) is 10.3. The van der Waals surface area contributed by atoms with Crippen molar-refractivity contribution in [1.29, 1.82) is 0 Å². The number of nitrogens with zero attached hydrogens (tertiary/aromatic N) is 6. The molecule has 6 heterocycles. The van der Waals surface area contributed by atoms with E-state index in [1.165, 1.54) is 13.4 Å². The Balaban J connectivity index is 1.54. The van der Waals surface area contributed by atoms with Crippen molar-refractivity contribution in [2.45, 2.75) is 18.9 Å². The van der Waals surface area contributed by atoms with Gasteiger partial charge in [-0.1, -0.05) is 11.6 Å². The molecule has 31 heavy (non-hydrogen) atoms. The van der Waals surface area contributed by atoms with E-state index in [4.69, 9.17) is 21.3 Å². The normalized spacial score (nSPS) is 15.4. The largest absolute Gasteiger partial charge is 0.481 e. The third-order valence-corrected chi connectivity index (χ3v) is 5.77. The number of carbonyl (C=O) groups is 1. The summed E-state index contributed by atoms with van der Waals surface area (Å²) in [6.07, 6.45) is 6.38. The van der Waals surface area contributed by atoms with E-state index in [9.17, 15) is 4.79 Å². The van der Waals surface area contributed by atoms with Crippen LogP contribution < -0.4 is 19.9 Å². The van der Waals surface area contributed by atoms with E-state index in [0.717, 1.165) is 37.2 Å². The van der Waals surface area contributed by atoms with Crippen LogP contribution in [-0.2, 0) is 0 Å². The maximum absolute atomic E-state index is 13.4. The molecule has 9 nitrogen and oxygen atoms in total. The highest BCUT2D eigenvalue weighted by Gasteiger charge is 2.37. The van der Waals surface area contributed by atoms with Gasteiger partial charge in [0.1, 0.15) is 12.1 Å². The average molecular weight is 438 g/mol. The molecule has 2 bridgehead atoms. The van der Waals surface area contributed by atoms with Crippen molar-refractivity contribution in [2.24, 2.45) is 0 Å². The third kappa shape index (κ3) is 3.72. The topological polar surface area (TPSA) is 96.4 Å². The Morgan fingerprint density at radius 1 is 1.19 bits per heavy atom. The minimum atomic E-state index is -0.287. The predicted octanol–water partition coefficient (Wildman–Crippen LogP) is 3.62. The summed E-state index contributed by atoms with van der Waals surface area (Å²) in [5.41, 5.74) is 2.44. The Morgan fingerprint density at radius 2 is 2.03 bits per heavy atom. The molecule has 0 aromatic carbocycles. The van der Waals surface area contributed by atoms with Crippen LogP contribution in [0.25, 0.3) is 11.3 Å². The van der Waals surface area contributed by atoms with Crippen LogP contribution in [0.2, 0.25) is 5.02 Å².